The lowest BCUT2D eigenvalue weighted by atomic mass is 10.0. The second-order valence-corrected chi connectivity index (χ2v) is 20.3. The number of hydrogen-bond donors (Lipinski definition) is 0. The Bertz CT molecular complexity index is 1380. The Labute approximate surface area is 445 Å². The summed E-state index contributed by atoms with van der Waals surface area (Å²) in [6.45, 7) is 6.49. The van der Waals surface area contributed by atoms with Crippen LogP contribution in [0.2, 0.25) is 0 Å². The lowest BCUT2D eigenvalue weighted by molar-refractivity contribution is -0.167. The average Bonchev–Trinajstić information content (AvgIpc) is 3.38. The molecular formula is C66H114O6. The van der Waals surface area contributed by atoms with Crippen molar-refractivity contribution in [2.24, 2.45) is 0 Å². The fourth-order valence-electron chi connectivity index (χ4n) is 8.59. The van der Waals surface area contributed by atoms with Gasteiger partial charge in [0.2, 0.25) is 0 Å². The van der Waals surface area contributed by atoms with Crippen LogP contribution in [0.25, 0.3) is 0 Å². The maximum absolute atomic E-state index is 12.9. The Balaban J connectivity index is 4.46. The van der Waals surface area contributed by atoms with Gasteiger partial charge in [-0.25, -0.2) is 0 Å². The second-order valence-electron chi connectivity index (χ2n) is 20.3. The normalized spacial score (nSPS) is 12.7. The van der Waals surface area contributed by atoms with Crippen molar-refractivity contribution in [1.29, 1.82) is 0 Å². The van der Waals surface area contributed by atoms with Crippen LogP contribution >= 0.6 is 0 Å². The van der Waals surface area contributed by atoms with Crippen LogP contribution in [0.15, 0.2) is 85.1 Å². The smallest absolute Gasteiger partial charge is 0.306 e. The van der Waals surface area contributed by atoms with Gasteiger partial charge in [-0.15, -0.1) is 0 Å². The standard InChI is InChI=1S/C66H114O6/c1-4-7-10-13-16-19-22-25-28-31-33-36-38-41-44-47-50-53-56-59-65(68)71-62-63(61-70-64(67)58-55-52-49-46-43-40-37-34-30-27-24-21-18-15-12-9-6-3)72-66(69)60-57-54-51-48-45-42-39-35-32-29-26-23-20-17-14-11-8-5-2/h9,12,18,21,27,29-30,32,35,37,39-40,46,49,63H,4-8,10-11,13-17,19-20,22-26,28,31,33-34,36,38,41-45,47-48,50-62H2,1-3H3/b12-9-,21-18-,30-27-,32-29-,39-35-,40-37-,49-46-. The van der Waals surface area contributed by atoms with Crippen molar-refractivity contribution in [2.75, 3.05) is 13.2 Å². The lowest BCUT2D eigenvalue weighted by Gasteiger charge is -2.18. The molecule has 0 bridgehead atoms. The van der Waals surface area contributed by atoms with Crippen LogP contribution in [0.3, 0.4) is 0 Å². The molecule has 0 aliphatic rings. The van der Waals surface area contributed by atoms with Crippen LogP contribution in [-0.4, -0.2) is 37.2 Å². The van der Waals surface area contributed by atoms with Crippen molar-refractivity contribution in [3.63, 3.8) is 0 Å². The molecular weight excluding hydrogens is 889 g/mol. The largest absolute Gasteiger partial charge is 0.462 e. The Morgan fingerprint density at radius 2 is 0.597 bits per heavy atom. The first-order valence-corrected chi connectivity index (χ1v) is 30.6. The summed E-state index contributed by atoms with van der Waals surface area (Å²) in [5.74, 6) is -0.963. The topological polar surface area (TPSA) is 78.9 Å². The number of carbonyl (C=O) groups is 3. The quantitative estimate of drug-likeness (QED) is 0.0199. The SMILES string of the molecule is CC/C=C\C/C=C\C/C=C\C/C=C\C/C=C\CCCC(=O)OCC(COC(=O)CCCCCCCCCCCCCCCCCCCCC)OC(=O)CCCCCCC/C=C\C=C/CCCCCCCCC. The van der Waals surface area contributed by atoms with E-state index in [1.54, 1.807) is 0 Å². The van der Waals surface area contributed by atoms with E-state index in [1.165, 1.54) is 154 Å². The summed E-state index contributed by atoms with van der Waals surface area (Å²) in [6.07, 6.45) is 78.7. The highest BCUT2D eigenvalue weighted by molar-refractivity contribution is 5.71. The minimum Gasteiger partial charge on any atom is -0.462 e. The molecule has 0 aromatic rings. The Kier molecular flexibility index (Phi) is 57.3. The second kappa shape index (κ2) is 60.1. The van der Waals surface area contributed by atoms with Crippen LogP contribution in [0.5, 0.6) is 0 Å². The summed E-state index contributed by atoms with van der Waals surface area (Å²) < 4.78 is 16.9. The van der Waals surface area contributed by atoms with Gasteiger partial charge in [-0.05, 0) is 83.5 Å². The van der Waals surface area contributed by atoms with Crippen molar-refractivity contribution in [3.05, 3.63) is 85.1 Å². The molecule has 0 heterocycles. The highest BCUT2D eigenvalue weighted by Crippen LogP contribution is 2.16. The molecule has 0 spiro atoms. The first kappa shape index (κ1) is 68.6. The van der Waals surface area contributed by atoms with Gasteiger partial charge in [-0.1, -0.05) is 279 Å². The summed E-state index contributed by atoms with van der Waals surface area (Å²) >= 11 is 0. The summed E-state index contributed by atoms with van der Waals surface area (Å²) in [5.41, 5.74) is 0. The predicted molar refractivity (Wildman–Crippen MR) is 311 cm³/mol. The van der Waals surface area contributed by atoms with Gasteiger partial charge < -0.3 is 14.2 Å². The van der Waals surface area contributed by atoms with Gasteiger partial charge in [0.25, 0.3) is 0 Å². The first-order chi connectivity index (χ1) is 35.5. The van der Waals surface area contributed by atoms with Gasteiger partial charge in [-0.2, -0.15) is 0 Å². The van der Waals surface area contributed by atoms with Crippen molar-refractivity contribution < 1.29 is 28.6 Å². The highest BCUT2D eigenvalue weighted by atomic mass is 16.6. The monoisotopic (exact) mass is 1000 g/mol. The molecule has 0 saturated heterocycles. The molecule has 0 saturated carbocycles. The zero-order chi connectivity index (χ0) is 52.2. The third-order valence-electron chi connectivity index (χ3n) is 13.2. The molecule has 0 aliphatic heterocycles. The van der Waals surface area contributed by atoms with E-state index in [2.05, 4.69) is 106 Å². The molecule has 414 valence electrons. The maximum atomic E-state index is 12.9. The van der Waals surface area contributed by atoms with Crippen molar-refractivity contribution in [1.82, 2.24) is 0 Å². The summed E-state index contributed by atoms with van der Waals surface area (Å²) in [4.78, 5) is 38.2. The van der Waals surface area contributed by atoms with Crippen LogP contribution in [-0.2, 0) is 28.6 Å². The van der Waals surface area contributed by atoms with Crippen molar-refractivity contribution >= 4 is 17.9 Å². The molecule has 0 rings (SSSR count). The van der Waals surface area contributed by atoms with Gasteiger partial charge in [-0.3, -0.25) is 14.4 Å². The molecule has 0 N–H and O–H groups in total. The molecule has 0 amide bonds. The number of unbranched alkanes of at least 4 members (excludes halogenated alkanes) is 31. The van der Waals surface area contributed by atoms with Gasteiger partial charge in [0.15, 0.2) is 6.10 Å². The third-order valence-corrected chi connectivity index (χ3v) is 13.2. The summed E-state index contributed by atoms with van der Waals surface area (Å²) in [5, 5.41) is 0. The van der Waals surface area contributed by atoms with E-state index in [0.717, 1.165) is 96.3 Å². The number of carbonyl (C=O) groups excluding carboxylic acids is 3. The van der Waals surface area contributed by atoms with E-state index in [0.29, 0.717) is 19.3 Å². The van der Waals surface area contributed by atoms with Crippen molar-refractivity contribution in [3.8, 4) is 0 Å². The van der Waals surface area contributed by atoms with Gasteiger partial charge in [0.05, 0.1) is 0 Å². The number of allylic oxidation sites excluding steroid dienone is 14. The predicted octanol–water partition coefficient (Wildman–Crippen LogP) is 20.7. The average molecular weight is 1000 g/mol. The minimum atomic E-state index is -0.808. The summed E-state index contributed by atoms with van der Waals surface area (Å²) in [7, 11) is 0. The van der Waals surface area contributed by atoms with Crippen LogP contribution in [0.1, 0.15) is 297 Å². The fourth-order valence-corrected chi connectivity index (χ4v) is 8.59. The Morgan fingerprint density at radius 1 is 0.306 bits per heavy atom. The van der Waals surface area contributed by atoms with E-state index in [4.69, 9.17) is 14.2 Å². The molecule has 1 atom stereocenters. The maximum Gasteiger partial charge on any atom is 0.306 e. The van der Waals surface area contributed by atoms with Crippen molar-refractivity contribution in [2.45, 2.75) is 303 Å². The van der Waals surface area contributed by atoms with Crippen LogP contribution < -0.4 is 0 Å². The van der Waals surface area contributed by atoms with Gasteiger partial charge in [0.1, 0.15) is 13.2 Å². The molecule has 0 radical (unpaired) electrons. The van der Waals surface area contributed by atoms with Crippen LogP contribution in [0.4, 0.5) is 0 Å². The molecule has 0 aliphatic carbocycles. The first-order valence-electron chi connectivity index (χ1n) is 30.6. The van der Waals surface area contributed by atoms with Gasteiger partial charge >= 0.3 is 17.9 Å². The zero-order valence-corrected chi connectivity index (χ0v) is 47.4. The number of ether oxygens (including phenoxy) is 3. The third kappa shape index (κ3) is 57.5. The minimum absolute atomic E-state index is 0.0984. The molecule has 6 heteroatoms. The van der Waals surface area contributed by atoms with Crippen LogP contribution in [0, 0.1) is 0 Å². The van der Waals surface area contributed by atoms with E-state index < -0.39 is 6.10 Å². The van der Waals surface area contributed by atoms with E-state index in [1.807, 2.05) is 0 Å². The van der Waals surface area contributed by atoms with E-state index in [-0.39, 0.29) is 37.5 Å². The Hall–Kier alpha value is -3.41. The number of hydrogen-bond acceptors (Lipinski definition) is 6. The van der Waals surface area contributed by atoms with E-state index in [9.17, 15) is 14.4 Å². The Morgan fingerprint density at radius 3 is 0.972 bits per heavy atom. The molecule has 0 aromatic heterocycles. The molecule has 6 nitrogen and oxygen atoms in total. The van der Waals surface area contributed by atoms with Gasteiger partial charge in [0, 0.05) is 19.3 Å². The fraction of sp³-hybridized carbons (Fsp3) is 0.742. The molecule has 72 heavy (non-hydrogen) atoms. The molecule has 1 unspecified atom stereocenters. The number of esters is 3. The molecule has 0 fully saturated rings. The highest BCUT2D eigenvalue weighted by Gasteiger charge is 2.19. The lowest BCUT2D eigenvalue weighted by Crippen LogP contribution is -2.30. The van der Waals surface area contributed by atoms with E-state index >= 15 is 0 Å². The molecule has 0 aromatic carbocycles. The number of rotatable bonds is 55. The summed E-state index contributed by atoms with van der Waals surface area (Å²) in [6, 6.07) is 0. The zero-order valence-electron chi connectivity index (χ0n) is 47.4.